The van der Waals surface area contributed by atoms with Gasteiger partial charge in [0, 0.05) is 42.7 Å². The number of aromatic nitrogens is 2. The van der Waals surface area contributed by atoms with Gasteiger partial charge in [0.1, 0.15) is 24.7 Å². The van der Waals surface area contributed by atoms with Crippen molar-refractivity contribution in [3.8, 4) is 5.75 Å². The number of rotatable bonds is 8. The van der Waals surface area contributed by atoms with E-state index in [-0.39, 0.29) is 18.2 Å². The minimum atomic E-state index is -0.162. The molecule has 0 bridgehead atoms. The number of aromatic amines is 1. The fraction of sp³-hybridized carbons (Fsp3) is 0.389. The zero-order valence-electron chi connectivity index (χ0n) is 15.0. The van der Waals surface area contributed by atoms with Crippen molar-refractivity contribution in [1.29, 1.82) is 0 Å². The summed E-state index contributed by atoms with van der Waals surface area (Å²) in [4.78, 5) is 23.0. The summed E-state index contributed by atoms with van der Waals surface area (Å²) < 4.78 is 0.791. The molecule has 25 heavy (non-hydrogen) atoms. The Hall–Kier alpha value is -2.67. The number of H-pyrrole nitrogens is 1. The summed E-state index contributed by atoms with van der Waals surface area (Å²) in [7, 11) is 6.31. The van der Waals surface area contributed by atoms with Crippen molar-refractivity contribution < 1.29 is 14.4 Å². The Morgan fingerprint density at radius 2 is 2.20 bits per heavy atom. The van der Waals surface area contributed by atoms with Crippen LogP contribution in [0.25, 0.3) is 0 Å². The Morgan fingerprint density at radius 1 is 1.40 bits per heavy atom. The quantitative estimate of drug-likeness (QED) is 0.495. The second kappa shape index (κ2) is 8.43. The molecule has 3 N–H and O–H groups in total. The molecule has 134 valence electrons. The number of aliphatic imine (C=N–C) groups is 1. The maximum absolute atomic E-state index is 11.8. The molecule has 7 nitrogen and oxygen atoms in total. The molecule has 0 atom stereocenters. The molecule has 0 aliphatic carbocycles. The van der Waals surface area contributed by atoms with E-state index in [1.54, 1.807) is 24.7 Å². The third-order valence-electron chi connectivity index (χ3n) is 3.45. The Bertz CT molecular complexity index is 718. The van der Waals surface area contributed by atoms with Gasteiger partial charge >= 0.3 is 0 Å². The predicted molar refractivity (Wildman–Crippen MR) is 97.6 cm³/mol. The SMILES string of the molecule is C[N+](C)(C)Cc1ccc(O)c(C=NCC(=O)NCCc2ncc[nH]2)c1. The number of quaternary nitrogens is 1. The van der Waals surface area contributed by atoms with Gasteiger partial charge in [-0.2, -0.15) is 0 Å². The van der Waals surface area contributed by atoms with Crippen LogP contribution in [0.4, 0.5) is 0 Å². The Morgan fingerprint density at radius 3 is 2.88 bits per heavy atom. The number of aromatic hydroxyl groups is 1. The number of benzene rings is 1. The Balaban J connectivity index is 1.84. The largest absolute Gasteiger partial charge is 0.507 e. The van der Waals surface area contributed by atoms with E-state index in [1.165, 1.54) is 0 Å². The van der Waals surface area contributed by atoms with Crippen molar-refractivity contribution in [3.63, 3.8) is 0 Å². The van der Waals surface area contributed by atoms with E-state index in [9.17, 15) is 9.90 Å². The van der Waals surface area contributed by atoms with Crippen molar-refractivity contribution in [2.75, 3.05) is 34.2 Å². The van der Waals surface area contributed by atoms with E-state index < -0.39 is 0 Å². The number of phenols is 1. The number of phenolic OH excluding ortho intramolecular Hbond substituents is 1. The average Bonchev–Trinajstić information content (AvgIpc) is 3.02. The van der Waals surface area contributed by atoms with Gasteiger partial charge in [-0.25, -0.2) is 4.98 Å². The molecule has 0 aliphatic rings. The van der Waals surface area contributed by atoms with Gasteiger partial charge in [0.15, 0.2) is 0 Å². The normalized spacial score (nSPS) is 11.8. The standard InChI is InChI=1S/C18H25N5O2/c1-23(2,3)13-14-4-5-16(24)15(10-14)11-19-12-18(25)22-7-6-17-20-8-9-21-17/h4-5,8-11H,6-7,12-13H2,1-3H3,(H2-,19,20,21,22,24,25)/p+1. The number of hydrogen-bond donors (Lipinski definition) is 3. The topological polar surface area (TPSA) is 90.4 Å². The Kier molecular flexibility index (Phi) is 6.30. The van der Waals surface area contributed by atoms with E-state index in [0.717, 1.165) is 22.4 Å². The number of imidazole rings is 1. The molecule has 0 spiro atoms. The van der Waals surface area contributed by atoms with E-state index >= 15 is 0 Å². The lowest BCUT2D eigenvalue weighted by Crippen LogP contribution is -2.33. The van der Waals surface area contributed by atoms with Gasteiger partial charge in [0.2, 0.25) is 5.91 Å². The number of nitrogens with one attached hydrogen (secondary N) is 2. The highest BCUT2D eigenvalue weighted by Crippen LogP contribution is 2.18. The van der Waals surface area contributed by atoms with Crippen LogP contribution in [-0.2, 0) is 17.8 Å². The van der Waals surface area contributed by atoms with Crippen LogP contribution in [0.2, 0.25) is 0 Å². The molecule has 2 rings (SSSR count). The van der Waals surface area contributed by atoms with Gasteiger partial charge in [-0.05, 0) is 18.2 Å². The molecular weight excluding hydrogens is 318 g/mol. The highest BCUT2D eigenvalue weighted by molar-refractivity contribution is 5.86. The van der Waals surface area contributed by atoms with E-state index in [1.807, 2.05) is 12.1 Å². The summed E-state index contributed by atoms with van der Waals surface area (Å²) in [6, 6.07) is 5.46. The maximum atomic E-state index is 11.8. The second-order valence-corrected chi connectivity index (χ2v) is 6.95. The molecular formula is C18H26N5O2+. The van der Waals surface area contributed by atoms with Crippen LogP contribution in [0, 0.1) is 0 Å². The summed E-state index contributed by atoms with van der Waals surface area (Å²) in [5.41, 5.74) is 1.73. The molecule has 0 saturated heterocycles. The van der Waals surface area contributed by atoms with Gasteiger partial charge in [-0.1, -0.05) is 0 Å². The monoisotopic (exact) mass is 344 g/mol. The number of carbonyl (C=O) groups excluding carboxylic acids is 1. The number of carbonyl (C=O) groups is 1. The third-order valence-corrected chi connectivity index (χ3v) is 3.45. The third kappa shape index (κ3) is 6.76. The van der Waals surface area contributed by atoms with Crippen LogP contribution in [0.5, 0.6) is 5.75 Å². The van der Waals surface area contributed by atoms with Crippen molar-refractivity contribution >= 4 is 12.1 Å². The van der Waals surface area contributed by atoms with E-state index in [0.29, 0.717) is 18.5 Å². The van der Waals surface area contributed by atoms with Crippen molar-refractivity contribution in [3.05, 3.63) is 47.5 Å². The van der Waals surface area contributed by atoms with Gasteiger partial charge in [0.05, 0.1) is 21.1 Å². The molecule has 0 unspecified atom stereocenters. The lowest BCUT2D eigenvalue weighted by Gasteiger charge is -2.24. The first-order valence-corrected chi connectivity index (χ1v) is 8.20. The average molecular weight is 344 g/mol. The lowest BCUT2D eigenvalue weighted by molar-refractivity contribution is -0.884. The summed E-state index contributed by atoms with van der Waals surface area (Å²) in [6.07, 6.45) is 5.62. The van der Waals surface area contributed by atoms with Crippen molar-refractivity contribution in [1.82, 2.24) is 15.3 Å². The highest BCUT2D eigenvalue weighted by atomic mass is 16.3. The van der Waals surface area contributed by atoms with Crippen LogP contribution in [0.3, 0.4) is 0 Å². The zero-order valence-corrected chi connectivity index (χ0v) is 15.0. The van der Waals surface area contributed by atoms with Crippen LogP contribution in [-0.4, -0.2) is 65.9 Å². The molecule has 1 heterocycles. The minimum absolute atomic E-state index is 0.0250. The molecule has 7 heteroatoms. The molecule has 2 aromatic rings. The van der Waals surface area contributed by atoms with Crippen LogP contribution in [0.1, 0.15) is 17.0 Å². The first-order valence-electron chi connectivity index (χ1n) is 8.20. The minimum Gasteiger partial charge on any atom is -0.507 e. The molecule has 0 radical (unpaired) electrons. The molecule has 0 aliphatic heterocycles. The van der Waals surface area contributed by atoms with Gasteiger partial charge in [0.25, 0.3) is 0 Å². The first-order chi connectivity index (χ1) is 11.8. The van der Waals surface area contributed by atoms with E-state index in [2.05, 4.69) is 41.4 Å². The smallest absolute Gasteiger partial charge is 0.241 e. The predicted octanol–water partition coefficient (Wildman–Crippen LogP) is 1.10. The molecule has 1 aromatic carbocycles. The Labute approximate surface area is 148 Å². The van der Waals surface area contributed by atoms with Gasteiger partial charge in [-0.15, -0.1) is 0 Å². The first kappa shape index (κ1) is 18.7. The summed E-state index contributed by atoms with van der Waals surface area (Å²) in [5.74, 6) is 0.833. The van der Waals surface area contributed by atoms with Gasteiger partial charge < -0.3 is 19.9 Å². The lowest BCUT2D eigenvalue weighted by atomic mass is 10.1. The van der Waals surface area contributed by atoms with Crippen LogP contribution >= 0.6 is 0 Å². The number of hydrogen-bond acceptors (Lipinski definition) is 4. The molecule has 1 aromatic heterocycles. The summed E-state index contributed by atoms with van der Waals surface area (Å²) in [6.45, 7) is 1.37. The van der Waals surface area contributed by atoms with E-state index in [4.69, 9.17) is 0 Å². The van der Waals surface area contributed by atoms with Crippen molar-refractivity contribution in [2.45, 2.75) is 13.0 Å². The number of amides is 1. The van der Waals surface area contributed by atoms with Crippen molar-refractivity contribution in [2.24, 2.45) is 4.99 Å². The highest BCUT2D eigenvalue weighted by Gasteiger charge is 2.10. The molecule has 0 fully saturated rings. The maximum Gasteiger partial charge on any atom is 0.241 e. The summed E-state index contributed by atoms with van der Waals surface area (Å²) in [5, 5.41) is 12.7. The van der Waals surface area contributed by atoms with Gasteiger partial charge in [-0.3, -0.25) is 9.79 Å². The summed E-state index contributed by atoms with van der Waals surface area (Å²) >= 11 is 0. The van der Waals surface area contributed by atoms with Crippen LogP contribution in [0.15, 0.2) is 35.6 Å². The number of nitrogens with zero attached hydrogens (tertiary/aromatic N) is 3. The fourth-order valence-electron chi connectivity index (χ4n) is 2.39. The zero-order chi connectivity index (χ0) is 18.3. The van der Waals surface area contributed by atoms with Crippen LogP contribution < -0.4 is 5.32 Å². The second-order valence-electron chi connectivity index (χ2n) is 6.95. The molecule has 0 saturated carbocycles. The molecule has 1 amide bonds. The fourth-order valence-corrected chi connectivity index (χ4v) is 2.39.